The van der Waals surface area contributed by atoms with Gasteiger partial charge in [0.1, 0.15) is 11.9 Å². The molecule has 0 fully saturated rings. The molecule has 248 valence electrons. The number of nitrogen functional groups attached to an aromatic ring is 1. The summed E-state index contributed by atoms with van der Waals surface area (Å²) in [5.41, 5.74) is 8.33. The van der Waals surface area contributed by atoms with Gasteiger partial charge in [0.25, 0.3) is 0 Å². The molecule has 1 unspecified atom stereocenters. The zero-order chi connectivity index (χ0) is 34.1. The van der Waals surface area contributed by atoms with E-state index in [2.05, 4.69) is 20.9 Å². The number of fused-ring (bicyclic) bond motifs is 1. The molecule has 12 nitrogen and oxygen atoms in total. The van der Waals surface area contributed by atoms with E-state index in [1.807, 2.05) is 44.2 Å². The molecule has 5 N–H and O–H groups in total. The SMILES string of the molecule is COC(=O)C[C@@H](NC(=O)C(Nc1ccc2c(N)nccc2c1)c1ccc(OC)c(OC)c1)c1cc(NC(=O)OC)ccc1SC(C)C. The molecule has 0 saturated carbocycles. The third-order valence-corrected chi connectivity index (χ3v) is 8.30. The average molecular weight is 662 g/mol. The predicted octanol–water partition coefficient (Wildman–Crippen LogP) is 6.09. The van der Waals surface area contributed by atoms with Crippen LogP contribution in [-0.4, -0.2) is 56.6 Å². The Balaban J connectivity index is 1.79. The highest BCUT2D eigenvalue weighted by Gasteiger charge is 2.29. The number of thioether (sulfide) groups is 1. The number of amides is 2. The Morgan fingerprint density at radius 2 is 1.62 bits per heavy atom. The van der Waals surface area contributed by atoms with Gasteiger partial charge in [-0.1, -0.05) is 19.9 Å². The second-order valence-corrected chi connectivity index (χ2v) is 12.3. The highest BCUT2D eigenvalue weighted by molar-refractivity contribution is 8.00. The van der Waals surface area contributed by atoms with Crippen LogP contribution in [0, 0.1) is 0 Å². The molecule has 0 aliphatic rings. The monoisotopic (exact) mass is 661 g/mol. The van der Waals surface area contributed by atoms with Crippen molar-refractivity contribution >= 4 is 57.7 Å². The van der Waals surface area contributed by atoms with E-state index in [1.54, 1.807) is 48.3 Å². The number of methoxy groups -OCH3 is 4. The largest absolute Gasteiger partial charge is 0.493 e. The maximum Gasteiger partial charge on any atom is 0.411 e. The lowest BCUT2D eigenvalue weighted by Gasteiger charge is -2.27. The Hall–Kier alpha value is -5.17. The minimum Gasteiger partial charge on any atom is -0.493 e. The Kier molecular flexibility index (Phi) is 11.7. The summed E-state index contributed by atoms with van der Waals surface area (Å²) in [4.78, 5) is 44.1. The second-order valence-electron chi connectivity index (χ2n) is 10.7. The first kappa shape index (κ1) is 34.7. The van der Waals surface area contributed by atoms with Crippen LogP contribution in [0.25, 0.3) is 10.8 Å². The lowest BCUT2D eigenvalue weighted by molar-refractivity contribution is -0.141. The lowest BCUT2D eigenvalue weighted by atomic mass is 10.00. The summed E-state index contributed by atoms with van der Waals surface area (Å²) in [6.07, 6.45) is 0.795. The summed E-state index contributed by atoms with van der Waals surface area (Å²) in [7, 11) is 5.60. The van der Waals surface area contributed by atoms with Crippen molar-refractivity contribution in [3.63, 3.8) is 0 Å². The minimum atomic E-state index is -0.954. The molecule has 0 aliphatic carbocycles. The van der Waals surface area contributed by atoms with E-state index < -0.39 is 30.1 Å². The van der Waals surface area contributed by atoms with Gasteiger partial charge in [0.05, 0.1) is 40.9 Å². The number of hydrogen-bond acceptors (Lipinski definition) is 11. The van der Waals surface area contributed by atoms with Gasteiger partial charge in [0.2, 0.25) is 5.91 Å². The molecule has 4 aromatic rings. The number of aromatic nitrogens is 1. The Morgan fingerprint density at radius 3 is 2.30 bits per heavy atom. The van der Waals surface area contributed by atoms with Crippen molar-refractivity contribution < 1.29 is 33.3 Å². The van der Waals surface area contributed by atoms with E-state index >= 15 is 0 Å². The van der Waals surface area contributed by atoms with Crippen molar-refractivity contribution in [3.05, 3.63) is 78.0 Å². The number of ether oxygens (including phenoxy) is 4. The Bertz CT molecular complexity index is 1750. The van der Waals surface area contributed by atoms with Crippen molar-refractivity contribution in [1.82, 2.24) is 10.3 Å². The normalized spacial score (nSPS) is 12.1. The molecule has 0 aliphatic heterocycles. The van der Waals surface area contributed by atoms with Gasteiger partial charge in [0.15, 0.2) is 11.5 Å². The van der Waals surface area contributed by atoms with E-state index in [0.29, 0.717) is 39.8 Å². The molecular formula is C34H39N5O7S. The van der Waals surface area contributed by atoms with Crippen LogP contribution in [0.2, 0.25) is 0 Å². The van der Waals surface area contributed by atoms with Crippen LogP contribution in [0.15, 0.2) is 71.8 Å². The van der Waals surface area contributed by atoms with Gasteiger partial charge in [-0.25, -0.2) is 9.78 Å². The van der Waals surface area contributed by atoms with E-state index in [4.69, 9.17) is 24.7 Å². The molecule has 2 amide bonds. The van der Waals surface area contributed by atoms with Gasteiger partial charge in [-0.2, -0.15) is 0 Å². The number of anilines is 3. The highest BCUT2D eigenvalue weighted by atomic mass is 32.2. The fraction of sp³-hybridized carbons (Fsp3) is 0.294. The smallest absolute Gasteiger partial charge is 0.411 e. The van der Waals surface area contributed by atoms with Crippen molar-refractivity contribution in [2.24, 2.45) is 0 Å². The molecule has 0 radical (unpaired) electrons. The Labute approximate surface area is 277 Å². The molecule has 2 atom stereocenters. The maximum absolute atomic E-state index is 14.4. The number of nitrogens with two attached hydrogens (primary N) is 1. The van der Waals surface area contributed by atoms with Crippen LogP contribution < -0.4 is 31.2 Å². The number of rotatable bonds is 13. The summed E-state index contributed by atoms with van der Waals surface area (Å²) in [6.45, 7) is 4.07. The standard InChI is InChI=1S/C34H39N5O7S/c1-19(2)47-29-12-9-23(38-34(42)46-6)17-25(29)26(18-30(40)45-5)39-33(41)31(21-7-11-27(43-3)28(16-21)44-4)37-22-8-10-24-20(15-22)13-14-36-32(24)35/h7-17,19,26,31,37H,18H2,1-6H3,(H2,35,36)(H,38,42)(H,39,41)/t26-,31?/m1/s1. The predicted molar refractivity (Wildman–Crippen MR) is 183 cm³/mol. The van der Waals surface area contributed by atoms with Crippen LogP contribution in [0.3, 0.4) is 0 Å². The second kappa shape index (κ2) is 15.9. The summed E-state index contributed by atoms with van der Waals surface area (Å²) < 4.78 is 20.7. The van der Waals surface area contributed by atoms with Crippen LogP contribution in [0.1, 0.15) is 43.5 Å². The molecule has 47 heavy (non-hydrogen) atoms. The van der Waals surface area contributed by atoms with Gasteiger partial charge < -0.3 is 35.3 Å². The summed E-state index contributed by atoms with van der Waals surface area (Å²) in [5, 5.41) is 10.9. The number of hydrogen-bond donors (Lipinski definition) is 4. The molecule has 1 aromatic heterocycles. The molecule has 0 saturated heterocycles. The lowest BCUT2D eigenvalue weighted by Crippen LogP contribution is -2.37. The zero-order valence-corrected chi connectivity index (χ0v) is 27.9. The first-order valence-corrected chi connectivity index (χ1v) is 15.6. The number of nitrogens with one attached hydrogen (secondary N) is 3. The number of nitrogens with zero attached hydrogens (tertiary/aromatic N) is 1. The fourth-order valence-corrected chi connectivity index (χ4v) is 5.95. The molecule has 0 bridgehead atoms. The van der Waals surface area contributed by atoms with Crippen LogP contribution in [-0.2, 0) is 19.1 Å². The molecule has 4 rings (SSSR count). The molecule has 13 heteroatoms. The van der Waals surface area contributed by atoms with E-state index in [9.17, 15) is 14.4 Å². The summed E-state index contributed by atoms with van der Waals surface area (Å²) in [5.74, 6) is 0.363. The van der Waals surface area contributed by atoms with Gasteiger partial charge >= 0.3 is 12.1 Å². The van der Waals surface area contributed by atoms with Crippen molar-refractivity contribution in [2.75, 3.05) is 44.8 Å². The van der Waals surface area contributed by atoms with Crippen molar-refractivity contribution in [2.45, 2.75) is 42.5 Å². The highest BCUT2D eigenvalue weighted by Crippen LogP contribution is 2.36. The average Bonchev–Trinajstić information content (AvgIpc) is 3.06. The molecular weight excluding hydrogens is 622 g/mol. The first-order valence-electron chi connectivity index (χ1n) is 14.7. The van der Waals surface area contributed by atoms with Crippen molar-refractivity contribution in [1.29, 1.82) is 0 Å². The van der Waals surface area contributed by atoms with E-state index in [-0.39, 0.29) is 11.7 Å². The third-order valence-electron chi connectivity index (χ3n) is 7.20. The molecule has 3 aromatic carbocycles. The van der Waals surface area contributed by atoms with Crippen LogP contribution in [0.5, 0.6) is 11.5 Å². The number of pyridine rings is 1. The fourth-order valence-electron chi connectivity index (χ4n) is 4.96. The number of carbonyl (C=O) groups is 3. The first-order chi connectivity index (χ1) is 22.6. The quantitative estimate of drug-likeness (QED) is 0.0969. The number of esters is 1. The molecule has 0 spiro atoms. The topological polar surface area (TPSA) is 163 Å². The minimum absolute atomic E-state index is 0.170. The third kappa shape index (κ3) is 8.76. The van der Waals surface area contributed by atoms with Gasteiger partial charge in [-0.3, -0.25) is 14.9 Å². The number of carbonyl (C=O) groups excluding carboxylic acids is 3. The van der Waals surface area contributed by atoms with Gasteiger partial charge in [-0.15, -0.1) is 11.8 Å². The summed E-state index contributed by atoms with van der Waals surface area (Å²) >= 11 is 1.56. The van der Waals surface area contributed by atoms with E-state index in [1.165, 1.54) is 28.4 Å². The maximum atomic E-state index is 14.4. The van der Waals surface area contributed by atoms with Crippen molar-refractivity contribution in [3.8, 4) is 11.5 Å². The van der Waals surface area contributed by atoms with Crippen LogP contribution in [0.4, 0.5) is 22.0 Å². The van der Waals surface area contributed by atoms with Gasteiger partial charge in [0, 0.05) is 33.1 Å². The van der Waals surface area contributed by atoms with Gasteiger partial charge in [-0.05, 0) is 71.1 Å². The summed E-state index contributed by atoms with van der Waals surface area (Å²) in [6, 6.07) is 16.0. The Morgan fingerprint density at radius 1 is 0.872 bits per heavy atom. The molecule has 1 heterocycles. The van der Waals surface area contributed by atoms with E-state index in [0.717, 1.165) is 15.7 Å². The number of benzene rings is 3. The zero-order valence-electron chi connectivity index (χ0n) is 27.1. The van der Waals surface area contributed by atoms with Crippen LogP contribution >= 0.6 is 11.8 Å².